The van der Waals surface area contributed by atoms with Gasteiger partial charge in [0, 0.05) is 31.7 Å². The van der Waals surface area contributed by atoms with Gasteiger partial charge in [-0.15, -0.1) is 0 Å². The van der Waals surface area contributed by atoms with Crippen LogP contribution in [0, 0.1) is 0 Å². The molecular formula is C20H19N3O. The molecular weight excluding hydrogens is 298 g/mol. The van der Waals surface area contributed by atoms with Crippen molar-refractivity contribution in [2.75, 3.05) is 23.9 Å². The standard InChI is InChI=1S/C20H19N3O/c1-22(17-9-5-3-6-10-17)19-13-16(14-21-15-19)20(24)23(2)18-11-7-4-8-12-18/h3-15H,1-2H3. The topological polar surface area (TPSA) is 36.4 Å². The Balaban J connectivity index is 1.86. The SMILES string of the molecule is CN(C(=O)c1cncc(N(C)c2ccccc2)c1)c1ccccc1. The van der Waals surface area contributed by atoms with Crippen molar-refractivity contribution in [1.29, 1.82) is 0 Å². The molecule has 1 aromatic heterocycles. The van der Waals surface area contributed by atoms with Crippen molar-refractivity contribution in [2.24, 2.45) is 0 Å². The minimum absolute atomic E-state index is 0.0861. The second kappa shape index (κ2) is 6.96. The van der Waals surface area contributed by atoms with Gasteiger partial charge in [0.1, 0.15) is 0 Å². The number of nitrogens with zero attached hydrogens (tertiary/aromatic N) is 3. The number of anilines is 3. The zero-order chi connectivity index (χ0) is 16.9. The Kier molecular flexibility index (Phi) is 4.57. The van der Waals surface area contributed by atoms with Crippen LogP contribution in [0.5, 0.6) is 0 Å². The summed E-state index contributed by atoms with van der Waals surface area (Å²) in [6.45, 7) is 0. The van der Waals surface area contributed by atoms with E-state index in [1.165, 1.54) is 0 Å². The zero-order valence-corrected chi connectivity index (χ0v) is 13.8. The predicted molar refractivity (Wildman–Crippen MR) is 97.9 cm³/mol. The van der Waals surface area contributed by atoms with Gasteiger partial charge < -0.3 is 9.80 Å². The average molecular weight is 317 g/mol. The Morgan fingerprint density at radius 2 is 1.38 bits per heavy atom. The van der Waals surface area contributed by atoms with E-state index < -0.39 is 0 Å². The molecule has 0 radical (unpaired) electrons. The number of hydrogen-bond donors (Lipinski definition) is 0. The fourth-order valence-electron chi connectivity index (χ4n) is 2.49. The fraction of sp³-hybridized carbons (Fsp3) is 0.100. The van der Waals surface area contributed by atoms with Crippen molar-refractivity contribution in [2.45, 2.75) is 0 Å². The Morgan fingerprint density at radius 1 is 0.792 bits per heavy atom. The summed E-state index contributed by atoms with van der Waals surface area (Å²) in [4.78, 5) is 20.6. The lowest BCUT2D eigenvalue weighted by molar-refractivity contribution is 0.0992. The maximum atomic E-state index is 12.7. The molecule has 1 amide bonds. The first-order chi connectivity index (χ1) is 11.7. The second-order valence-electron chi connectivity index (χ2n) is 5.53. The number of benzene rings is 2. The van der Waals surface area contributed by atoms with Gasteiger partial charge in [0.25, 0.3) is 5.91 Å². The van der Waals surface area contributed by atoms with Gasteiger partial charge >= 0.3 is 0 Å². The summed E-state index contributed by atoms with van der Waals surface area (Å²) in [5.41, 5.74) is 3.32. The molecule has 0 atom stereocenters. The smallest absolute Gasteiger partial charge is 0.259 e. The van der Waals surface area contributed by atoms with Crippen LogP contribution < -0.4 is 9.80 Å². The summed E-state index contributed by atoms with van der Waals surface area (Å²) in [7, 11) is 3.73. The van der Waals surface area contributed by atoms with E-state index in [0.717, 1.165) is 17.1 Å². The second-order valence-corrected chi connectivity index (χ2v) is 5.53. The van der Waals surface area contributed by atoms with E-state index in [2.05, 4.69) is 4.98 Å². The summed E-state index contributed by atoms with van der Waals surface area (Å²) in [6.07, 6.45) is 3.36. The molecule has 2 aromatic carbocycles. The summed E-state index contributed by atoms with van der Waals surface area (Å²) >= 11 is 0. The molecule has 120 valence electrons. The summed E-state index contributed by atoms with van der Waals surface area (Å²) in [5.74, 6) is -0.0861. The van der Waals surface area contributed by atoms with Crippen LogP contribution in [0.1, 0.15) is 10.4 Å². The van der Waals surface area contributed by atoms with Crippen molar-refractivity contribution in [3.8, 4) is 0 Å². The van der Waals surface area contributed by atoms with Crippen molar-refractivity contribution < 1.29 is 4.79 Å². The summed E-state index contributed by atoms with van der Waals surface area (Å²) < 4.78 is 0. The highest BCUT2D eigenvalue weighted by Crippen LogP contribution is 2.24. The Morgan fingerprint density at radius 3 is 2.00 bits per heavy atom. The molecule has 0 aliphatic heterocycles. The Labute approximate surface area is 142 Å². The number of rotatable bonds is 4. The van der Waals surface area contributed by atoms with Crippen LogP contribution in [0.4, 0.5) is 17.1 Å². The third-order valence-corrected chi connectivity index (χ3v) is 3.95. The minimum atomic E-state index is -0.0861. The monoisotopic (exact) mass is 317 g/mol. The van der Waals surface area contributed by atoms with E-state index in [9.17, 15) is 4.79 Å². The number of para-hydroxylation sites is 2. The first-order valence-corrected chi connectivity index (χ1v) is 7.74. The van der Waals surface area contributed by atoms with Gasteiger partial charge in [0.15, 0.2) is 0 Å². The molecule has 0 spiro atoms. The number of amides is 1. The summed E-state index contributed by atoms with van der Waals surface area (Å²) in [5, 5.41) is 0. The van der Waals surface area contributed by atoms with E-state index >= 15 is 0 Å². The lowest BCUT2D eigenvalue weighted by Gasteiger charge is -2.21. The number of hydrogen-bond acceptors (Lipinski definition) is 3. The lowest BCUT2D eigenvalue weighted by atomic mass is 10.2. The molecule has 4 nitrogen and oxygen atoms in total. The number of pyridine rings is 1. The van der Waals surface area contributed by atoms with Crippen molar-refractivity contribution >= 4 is 23.0 Å². The average Bonchev–Trinajstić information content (AvgIpc) is 2.67. The maximum Gasteiger partial charge on any atom is 0.259 e. The van der Waals surface area contributed by atoms with Crippen LogP contribution in [0.25, 0.3) is 0 Å². The first-order valence-electron chi connectivity index (χ1n) is 7.74. The lowest BCUT2D eigenvalue weighted by Crippen LogP contribution is -2.26. The maximum absolute atomic E-state index is 12.7. The van der Waals surface area contributed by atoms with Crippen LogP contribution >= 0.6 is 0 Å². The third-order valence-electron chi connectivity index (χ3n) is 3.95. The molecule has 0 aliphatic carbocycles. The molecule has 1 heterocycles. The highest BCUT2D eigenvalue weighted by atomic mass is 16.2. The molecule has 0 saturated carbocycles. The quantitative estimate of drug-likeness (QED) is 0.726. The van der Waals surface area contributed by atoms with E-state index in [0.29, 0.717) is 5.56 Å². The van der Waals surface area contributed by atoms with Crippen LogP contribution in [0.3, 0.4) is 0 Å². The van der Waals surface area contributed by atoms with E-state index in [1.54, 1.807) is 24.3 Å². The van der Waals surface area contributed by atoms with Crippen LogP contribution in [-0.4, -0.2) is 25.0 Å². The highest BCUT2D eigenvalue weighted by Gasteiger charge is 2.15. The molecule has 24 heavy (non-hydrogen) atoms. The fourth-order valence-corrected chi connectivity index (χ4v) is 2.49. The molecule has 0 saturated heterocycles. The molecule has 4 heteroatoms. The van der Waals surface area contributed by atoms with Crippen LogP contribution in [-0.2, 0) is 0 Å². The molecule has 0 N–H and O–H groups in total. The molecule has 3 aromatic rings. The van der Waals surface area contributed by atoms with Crippen LogP contribution in [0.15, 0.2) is 79.1 Å². The Bertz CT molecular complexity index is 819. The van der Waals surface area contributed by atoms with Crippen molar-refractivity contribution in [1.82, 2.24) is 4.98 Å². The van der Waals surface area contributed by atoms with E-state index in [1.807, 2.05) is 78.7 Å². The normalized spacial score (nSPS) is 10.2. The van der Waals surface area contributed by atoms with Gasteiger partial charge in [-0.1, -0.05) is 36.4 Å². The van der Waals surface area contributed by atoms with E-state index in [4.69, 9.17) is 0 Å². The van der Waals surface area contributed by atoms with Gasteiger partial charge in [0.05, 0.1) is 17.4 Å². The van der Waals surface area contributed by atoms with E-state index in [-0.39, 0.29) is 5.91 Å². The van der Waals surface area contributed by atoms with Gasteiger partial charge in [0.2, 0.25) is 0 Å². The highest BCUT2D eigenvalue weighted by molar-refractivity contribution is 6.06. The third kappa shape index (κ3) is 3.27. The van der Waals surface area contributed by atoms with Gasteiger partial charge in [-0.05, 0) is 30.3 Å². The predicted octanol–water partition coefficient (Wildman–Crippen LogP) is 4.13. The Hall–Kier alpha value is -3.14. The zero-order valence-electron chi connectivity index (χ0n) is 13.8. The summed E-state index contributed by atoms with van der Waals surface area (Å²) in [6, 6.07) is 21.4. The number of aromatic nitrogens is 1. The first kappa shape index (κ1) is 15.7. The van der Waals surface area contributed by atoms with Gasteiger partial charge in [-0.25, -0.2) is 0 Å². The van der Waals surface area contributed by atoms with Crippen molar-refractivity contribution in [3.05, 3.63) is 84.7 Å². The molecule has 0 fully saturated rings. The van der Waals surface area contributed by atoms with Crippen LogP contribution in [0.2, 0.25) is 0 Å². The molecule has 0 aliphatic rings. The molecule has 3 rings (SSSR count). The largest absolute Gasteiger partial charge is 0.343 e. The minimum Gasteiger partial charge on any atom is -0.343 e. The molecule has 0 bridgehead atoms. The molecule has 0 unspecified atom stereocenters. The number of carbonyl (C=O) groups is 1. The van der Waals surface area contributed by atoms with Gasteiger partial charge in [-0.3, -0.25) is 9.78 Å². The van der Waals surface area contributed by atoms with Gasteiger partial charge in [-0.2, -0.15) is 0 Å². The van der Waals surface area contributed by atoms with Crippen molar-refractivity contribution in [3.63, 3.8) is 0 Å². The number of carbonyl (C=O) groups excluding carboxylic acids is 1.